The fourth-order valence-electron chi connectivity index (χ4n) is 2.06. The molecule has 1 atom stereocenters. The Bertz CT molecular complexity index is 732. The SMILES string of the molecule is CCc1cnc(C(C)Nc2ccc3scnc3c2N)s1. The fourth-order valence-corrected chi connectivity index (χ4v) is 3.61. The summed E-state index contributed by atoms with van der Waals surface area (Å²) < 4.78 is 1.11. The lowest BCUT2D eigenvalue weighted by molar-refractivity contribution is 0.870. The van der Waals surface area contributed by atoms with Gasteiger partial charge in [-0.05, 0) is 25.5 Å². The van der Waals surface area contributed by atoms with Crippen molar-refractivity contribution >= 4 is 44.3 Å². The van der Waals surface area contributed by atoms with E-state index >= 15 is 0 Å². The topological polar surface area (TPSA) is 63.8 Å². The monoisotopic (exact) mass is 304 g/mol. The molecule has 0 bridgehead atoms. The first kappa shape index (κ1) is 13.3. The van der Waals surface area contributed by atoms with Gasteiger partial charge in [-0.15, -0.1) is 22.7 Å². The minimum Gasteiger partial charge on any atom is -0.395 e. The summed E-state index contributed by atoms with van der Waals surface area (Å²) in [6.07, 6.45) is 2.97. The van der Waals surface area contributed by atoms with Crippen molar-refractivity contribution < 1.29 is 0 Å². The van der Waals surface area contributed by atoms with Crippen LogP contribution in [0.2, 0.25) is 0 Å². The number of aromatic nitrogens is 2. The number of nitrogens with one attached hydrogen (secondary N) is 1. The zero-order chi connectivity index (χ0) is 14.1. The van der Waals surface area contributed by atoms with E-state index in [1.54, 1.807) is 22.7 Å². The molecule has 6 heteroatoms. The van der Waals surface area contributed by atoms with Gasteiger partial charge < -0.3 is 11.1 Å². The Balaban J connectivity index is 1.86. The van der Waals surface area contributed by atoms with Crippen molar-refractivity contribution in [3.63, 3.8) is 0 Å². The van der Waals surface area contributed by atoms with Crippen LogP contribution in [-0.4, -0.2) is 9.97 Å². The van der Waals surface area contributed by atoms with Crippen molar-refractivity contribution in [2.75, 3.05) is 11.1 Å². The van der Waals surface area contributed by atoms with Gasteiger partial charge >= 0.3 is 0 Å². The normalized spacial score (nSPS) is 12.7. The van der Waals surface area contributed by atoms with Crippen molar-refractivity contribution in [3.8, 4) is 0 Å². The molecule has 2 heterocycles. The number of nitrogen functional groups attached to an aromatic ring is 1. The van der Waals surface area contributed by atoms with E-state index in [0.29, 0.717) is 5.69 Å². The molecule has 1 aromatic carbocycles. The standard InChI is InChI=1S/C14H16N4S2/c1-3-9-6-16-14(20-9)8(2)18-10-4-5-11-13(12(10)15)17-7-19-11/h4-8,18H,3,15H2,1-2H3. The van der Waals surface area contributed by atoms with Gasteiger partial charge in [-0.25, -0.2) is 9.97 Å². The minimum atomic E-state index is 0.138. The van der Waals surface area contributed by atoms with Crippen LogP contribution in [-0.2, 0) is 6.42 Å². The summed E-state index contributed by atoms with van der Waals surface area (Å²) in [7, 11) is 0. The molecule has 0 saturated carbocycles. The van der Waals surface area contributed by atoms with E-state index < -0.39 is 0 Å². The van der Waals surface area contributed by atoms with Crippen molar-refractivity contribution in [1.29, 1.82) is 0 Å². The smallest absolute Gasteiger partial charge is 0.115 e. The second kappa shape index (κ2) is 5.38. The van der Waals surface area contributed by atoms with Crippen LogP contribution in [0.25, 0.3) is 10.2 Å². The molecular weight excluding hydrogens is 288 g/mol. The highest BCUT2D eigenvalue weighted by Crippen LogP contribution is 2.32. The third kappa shape index (κ3) is 2.36. The van der Waals surface area contributed by atoms with E-state index in [-0.39, 0.29) is 6.04 Å². The second-order valence-corrected chi connectivity index (χ2v) is 6.64. The Hall–Kier alpha value is -1.66. The Kier molecular flexibility index (Phi) is 3.58. The molecule has 0 fully saturated rings. The van der Waals surface area contributed by atoms with Gasteiger partial charge in [-0.2, -0.15) is 0 Å². The van der Waals surface area contributed by atoms with Crippen LogP contribution >= 0.6 is 22.7 Å². The quantitative estimate of drug-likeness (QED) is 0.713. The molecule has 0 aliphatic carbocycles. The van der Waals surface area contributed by atoms with E-state index in [9.17, 15) is 0 Å². The summed E-state index contributed by atoms with van der Waals surface area (Å²) >= 11 is 3.35. The number of aryl methyl sites for hydroxylation is 1. The van der Waals surface area contributed by atoms with Crippen LogP contribution in [0.5, 0.6) is 0 Å². The number of thiazole rings is 2. The number of rotatable bonds is 4. The summed E-state index contributed by atoms with van der Waals surface area (Å²) in [5.74, 6) is 0. The maximum Gasteiger partial charge on any atom is 0.115 e. The van der Waals surface area contributed by atoms with E-state index in [1.807, 2.05) is 17.8 Å². The average molecular weight is 304 g/mol. The van der Waals surface area contributed by atoms with Crippen LogP contribution < -0.4 is 11.1 Å². The van der Waals surface area contributed by atoms with E-state index in [0.717, 1.165) is 27.3 Å². The van der Waals surface area contributed by atoms with E-state index in [2.05, 4.69) is 35.2 Å². The first-order valence-electron chi connectivity index (χ1n) is 6.52. The van der Waals surface area contributed by atoms with Gasteiger partial charge in [-0.1, -0.05) is 6.92 Å². The molecule has 0 amide bonds. The minimum absolute atomic E-state index is 0.138. The summed E-state index contributed by atoms with van der Waals surface area (Å²) in [6, 6.07) is 4.21. The summed E-state index contributed by atoms with van der Waals surface area (Å²) in [5, 5.41) is 4.52. The van der Waals surface area contributed by atoms with Crippen molar-refractivity contribution in [2.24, 2.45) is 0 Å². The van der Waals surface area contributed by atoms with Crippen LogP contribution in [0.15, 0.2) is 23.8 Å². The second-order valence-electron chi connectivity index (χ2n) is 4.61. The molecule has 0 aliphatic rings. The first-order valence-corrected chi connectivity index (χ1v) is 8.21. The largest absolute Gasteiger partial charge is 0.395 e. The number of fused-ring (bicyclic) bond motifs is 1. The highest BCUT2D eigenvalue weighted by Gasteiger charge is 2.13. The molecule has 3 N–H and O–H groups in total. The summed E-state index contributed by atoms with van der Waals surface area (Å²) in [4.78, 5) is 10.1. The van der Waals surface area contributed by atoms with E-state index in [1.165, 1.54) is 4.88 Å². The number of benzene rings is 1. The Morgan fingerprint density at radius 3 is 2.95 bits per heavy atom. The van der Waals surface area contributed by atoms with Crippen molar-refractivity contribution in [2.45, 2.75) is 26.3 Å². The number of nitrogens with two attached hydrogens (primary N) is 1. The van der Waals surface area contributed by atoms with Crippen molar-refractivity contribution in [3.05, 3.63) is 33.7 Å². The summed E-state index contributed by atoms with van der Waals surface area (Å²) in [6.45, 7) is 4.24. The van der Waals surface area contributed by atoms with Crippen LogP contribution in [0.3, 0.4) is 0 Å². The fraction of sp³-hybridized carbons (Fsp3) is 0.286. The van der Waals surface area contributed by atoms with Gasteiger partial charge in [0.05, 0.1) is 27.6 Å². The van der Waals surface area contributed by atoms with Crippen LogP contribution in [0.4, 0.5) is 11.4 Å². The lowest BCUT2D eigenvalue weighted by atomic mass is 10.2. The zero-order valence-electron chi connectivity index (χ0n) is 11.4. The number of hydrogen-bond acceptors (Lipinski definition) is 6. The van der Waals surface area contributed by atoms with Crippen LogP contribution in [0.1, 0.15) is 29.8 Å². The molecular formula is C14H16N4S2. The number of nitrogens with zero attached hydrogens (tertiary/aromatic N) is 2. The molecule has 0 aliphatic heterocycles. The van der Waals surface area contributed by atoms with Gasteiger partial charge in [0.15, 0.2) is 0 Å². The molecule has 2 aromatic heterocycles. The maximum atomic E-state index is 6.19. The predicted octanol–water partition coefficient (Wildman–Crippen LogP) is 4.07. The third-order valence-electron chi connectivity index (χ3n) is 3.20. The van der Waals surface area contributed by atoms with Gasteiger partial charge in [0, 0.05) is 11.1 Å². The molecule has 104 valence electrons. The van der Waals surface area contributed by atoms with Gasteiger partial charge in [0.25, 0.3) is 0 Å². The maximum absolute atomic E-state index is 6.19. The molecule has 4 nitrogen and oxygen atoms in total. The van der Waals surface area contributed by atoms with Gasteiger partial charge in [-0.3, -0.25) is 0 Å². The lowest BCUT2D eigenvalue weighted by Crippen LogP contribution is -2.08. The van der Waals surface area contributed by atoms with Gasteiger partial charge in [0.1, 0.15) is 10.5 Å². The Morgan fingerprint density at radius 1 is 1.35 bits per heavy atom. The third-order valence-corrected chi connectivity index (χ3v) is 5.32. The highest BCUT2D eigenvalue weighted by atomic mass is 32.1. The molecule has 3 rings (SSSR count). The highest BCUT2D eigenvalue weighted by molar-refractivity contribution is 7.16. The average Bonchev–Trinajstić information content (AvgIpc) is 3.10. The molecule has 0 spiro atoms. The number of anilines is 2. The Labute approximate surface area is 125 Å². The lowest BCUT2D eigenvalue weighted by Gasteiger charge is -2.14. The van der Waals surface area contributed by atoms with E-state index in [4.69, 9.17) is 5.73 Å². The predicted molar refractivity (Wildman–Crippen MR) is 87.6 cm³/mol. The molecule has 0 saturated heterocycles. The van der Waals surface area contributed by atoms with Crippen molar-refractivity contribution in [1.82, 2.24) is 9.97 Å². The Morgan fingerprint density at radius 2 is 2.20 bits per heavy atom. The zero-order valence-corrected chi connectivity index (χ0v) is 13.0. The number of hydrogen-bond donors (Lipinski definition) is 2. The molecule has 1 unspecified atom stereocenters. The van der Waals surface area contributed by atoms with Gasteiger partial charge in [0.2, 0.25) is 0 Å². The molecule has 3 aromatic rings. The summed E-state index contributed by atoms with van der Waals surface area (Å²) in [5.41, 5.74) is 10.5. The molecule has 0 radical (unpaired) electrons. The first-order chi connectivity index (χ1) is 9.69. The molecule has 20 heavy (non-hydrogen) atoms. The van der Waals surface area contributed by atoms with Crippen LogP contribution in [0, 0.1) is 0 Å².